The molecule has 2 atom stereocenters. The van der Waals surface area contributed by atoms with E-state index in [0.29, 0.717) is 0 Å². The number of hydrogen-bond acceptors (Lipinski definition) is 3. The summed E-state index contributed by atoms with van der Waals surface area (Å²) in [6, 6.07) is 0. The first-order valence-corrected chi connectivity index (χ1v) is 6.71. The second kappa shape index (κ2) is 7.25. The van der Waals surface area contributed by atoms with Crippen molar-refractivity contribution in [3.63, 3.8) is 0 Å². The van der Waals surface area contributed by atoms with E-state index in [1.54, 1.807) is 0 Å². The predicted molar refractivity (Wildman–Crippen MR) is 66.4 cm³/mol. The van der Waals surface area contributed by atoms with Crippen LogP contribution in [0.5, 0.6) is 0 Å². The van der Waals surface area contributed by atoms with E-state index in [9.17, 15) is 0 Å². The second-order valence-corrected chi connectivity index (χ2v) is 5.17. The molecule has 0 amide bonds. The van der Waals surface area contributed by atoms with Gasteiger partial charge in [-0.15, -0.1) is 0 Å². The van der Waals surface area contributed by atoms with Crippen molar-refractivity contribution in [2.75, 3.05) is 13.2 Å². The number of aliphatic hydroxyl groups is 1. The summed E-state index contributed by atoms with van der Waals surface area (Å²) in [6.45, 7) is 3.17. The zero-order valence-corrected chi connectivity index (χ0v) is 10.6. The molecular formula is C13H27NO2. The third-order valence-corrected chi connectivity index (χ3v) is 3.51. The molecule has 0 heterocycles. The van der Waals surface area contributed by atoms with Crippen LogP contribution in [0.2, 0.25) is 0 Å². The molecule has 2 unspecified atom stereocenters. The van der Waals surface area contributed by atoms with Crippen LogP contribution in [0.25, 0.3) is 0 Å². The van der Waals surface area contributed by atoms with Crippen molar-refractivity contribution in [3.8, 4) is 0 Å². The van der Waals surface area contributed by atoms with Crippen molar-refractivity contribution < 1.29 is 9.84 Å². The molecule has 3 nitrogen and oxygen atoms in total. The molecule has 16 heavy (non-hydrogen) atoms. The zero-order valence-electron chi connectivity index (χ0n) is 10.6. The first-order chi connectivity index (χ1) is 7.70. The minimum absolute atomic E-state index is 0.0867. The summed E-state index contributed by atoms with van der Waals surface area (Å²) < 4.78 is 5.79. The Morgan fingerprint density at radius 2 is 2.06 bits per heavy atom. The maximum absolute atomic E-state index is 9.13. The summed E-state index contributed by atoms with van der Waals surface area (Å²) >= 11 is 0. The fourth-order valence-electron chi connectivity index (χ4n) is 2.35. The number of aliphatic hydroxyl groups excluding tert-OH is 1. The maximum atomic E-state index is 9.13. The summed E-state index contributed by atoms with van der Waals surface area (Å²) in [5.41, 5.74) is 5.62. The predicted octanol–water partition coefficient (Wildman–Crippen LogP) is 2.22. The van der Waals surface area contributed by atoms with Gasteiger partial charge >= 0.3 is 0 Å². The highest BCUT2D eigenvalue weighted by Gasteiger charge is 2.35. The minimum Gasteiger partial charge on any atom is -0.394 e. The van der Waals surface area contributed by atoms with Crippen LogP contribution in [0.15, 0.2) is 0 Å². The summed E-state index contributed by atoms with van der Waals surface area (Å²) in [5.74, 6) is 0. The maximum Gasteiger partial charge on any atom is 0.0612 e. The average Bonchev–Trinajstić information content (AvgIpc) is 2.66. The van der Waals surface area contributed by atoms with Crippen molar-refractivity contribution in [1.29, 1.82) is 0 Å². The molecule has 0 aromatic carbocycles. The van der Waals surface area contributed by atoms with Crippen LogP contribution in [-0.4, -0.2) is 30.0 Å². The van der Waals surface area contributed by atoms with Gasteiger partial charge in [0.25, 0.3) is 0 Å². The fourth-order valence-corrected chi connectivity index (χ4v) is 2.35. The van der Waals surface area contributed by atoms with E-state index in [1.165, 1.54) is 25.7 Å². The first kappa shape index (κ1) is 13.9. The smallest absolute Gasteiger partial charge is 0.0612 e. The lowest BCUT2D eigenvalue weighted by Crippen LogP contribution is -2.41. The van der Waals surface area contributed by atoms with E-state index < -0.39 is 0 Å². The molecule has 1 aliphatic carbocycles. The highest BCUT2D eigenvalue weighted by atomic mass is 16.5. The van der Waals surface area contributed by atoms with Crippen molar-refractivity contribution >= 4 is 0 Å². The molecule has 1 aliphatic rings. The monoisotopic (exact) mass is 229 g/mol. The van der Waals surface area contributed by atoms with Gasteiger partial charge in [0.1, 0.15) is 0 Å². The molecule has 3 heteroatoms. The van der Waals surface area contributed by atoms with E-state index in [1.807, 2.05) is 0 Å². The van der Waals surface area contributed by atoms with Crippen LogP contribution in [0.1, 0.15) is 58.3 Å². The van der Waals surface area contributed by atoms with Gasteiger partial charge in [-0.2, -0.15) is 0 Å². The van der Waals surface area contributed by atoms with E-state index in [0.717, 1.165) is 32.3 Å². The number of hydrogen-bond donors (Lipinski definition) is 2. The molecule has 0 bridgehead atoms. The Bertz CT molecular complexity index is 187. The number of unbranched alkanes of at least 4 members (excludes halogenated alkanes) is 4. The summed E-state index contributed by atoms with van der Waals surface area (Å²) in [6.07, 6.45) is 9.37. The van der Waals surface area contributed by atoms with Gasteiger partial charge in [0.15, 0.2) is 0 Å². The standard InChI is InChI=1S/C13H27NO2/c1-2-3-4-5-6-9-16-12-7-8-13(14,10-12)11-15/h12,15H,2-11,14H2,1H3. The highest BCUT2D eigenvalue weighted by Crippen LogP contribution is 2.29. The van der Waals surface area contributed by atoms with E-state index in [4.69, 9.17) is 15.6 Å². The molecular weight excluding hydrogens is 202 g/mol. The minimum atomic E-state index is -0.368. The van der Waals surface area contributed by atoms with Crippen molar-refractivity contribution in [2.45, 2.75) is 69.9 Å². The van der Waals surface area contributed by atoms with Gasteiger partial charge < -0.3 is 15.6 Å². The summed E-state index contributed by atoms with van der Waals surface area (Å²) in [4.78, 5) is 0. The fraction of sp³-hybridized carbons (Fsp3) is 1.00. The molecule has 1 saturated carbocycles. The third kappa shape index (κ3) is 4.81. The van der Waals surface area contributed by atoms with Crippen LogP contribution in [0.4, 0.5) is 0 Å². The van der Waals surface area contributed by atoms with Gasteiger partial charge in [-0.05, 0) is 25.7 Å². The van der Waals surface area contributed by atoms with Crippen LogP contribution in [0.3, 0.4) is 0 Å². The Morgan fingerprint density at radius 3 is 2.69 bits per heavy atom. The summed E-state index contributed by atoms with van der Waals surface area (Å²) in [5, 5.41) is 9.13. The van der Waals surface area contributed by atoms with Gasteiger partial charge in [-0.3, -0.25) is 0 Å². The lowest BCUT2D eigenvalue weighted by atomic mass is 10.0. The van der Waals surface area contributed by atoms with Crippen molar-refractivity contribution in [1.82, 2.24) is 0 Å². The van der Waals surface area contributed by atoms with Gasteiger partial charge in [0.2, 0.25) is 0 Å². The number of nitrogens with two attached hydrogens (primary N) is 1. The SMILES string of the molecule is CCCCCCCOC1CCC(N)(CO)C1. The number of ether oxygens (including phenoxy) is 1. The Balaban J connectivity index is 1.98. The average molecular weight is 229 g/mol. The lowest BCUT2D eigenvalue weighted by molar-refractivity contribution is 0.0480. The molecule has 1 fully saturated rings. The third-order valence-electron chi connectivity index (χ3n) is 3.51. The van der Waals surface area contributed by atoms with Crippen LogP contribution in [-0.2, 0) is 4.74 Å². The van der Waals surface area contributed by atoms with Crippen LogP contribution < -0.4 is 5.73 Å². The van der Waals surface area contributed by atoms with E-state index in [2.05, 4.69) is 6.92 Å². The van der Waals surface area contributed by atoms with E-state index in [-0.39, 0.29) is 18.2 Å². The molecule has 0 spiro atoms. The lowest BCUT2D eigenvalue weighted by Gasteiger charge is -2.20. The van der Waals surface area contributed by atoms with Crippen molar-refractivity contribution in [3.05, 3.63) is 0 Å². The molecule has 0 aromatic rings. The Kier molecular flexibility index (Phi) is 6.32. The molecule has 96 valence electrons. The Hall–Kier alpha value is -0.120. The molecule has 1 rings (SSSR count). The molecule has 0 aliphatic heterocycles. The largest absolute Gasteiger partial charge is 0.394 e. The molecule has 0 saturated heterocycles. The summed E-state index contributed by atoms with van der Waals surface area (Å²) in [7, 11) is 0. The normalized spacial score (nSPS) is 29.8. The van der Waals surface area contributed by atoms with Crippen LogP contribution >= 0.6 is 0 Å². The van der Waals surface area contributed by atoms with E-state index >= 15 is 0 Å². The number of rotatable bonds is 8. The van der Waals surface area contributed by atoms with Crippen molar-refractivity contribution in [2.24, 2.45) is 5.73 Å². The van der Waals surface area contributed by atoms with Gasteiger partial charge in [0, 0.05) is 12.1 Å². The second-order valence-electron chi connectivity index (χ2n) is 5.17. The topological polar surface area (TPSA) is 55.5 Å². The molecule has 0 aromatic heterocycles. The Morgan fingerprint density at radius 1 is 1.31 bits per heavy atom. The zero-order chi connectivity index (χ0) is 11.9. The molecule has 0 radical (unpaired) electrons. The quantitative estimate of drug-likeness (QED) is 0.627. The van der Waals surface area contributed by atoms with Gasteiger partial charge in [-0.25, -0.2) is 0 Å². The molecule has 3 N–H and O–H groups in total. The van der Waals surface area contributed by atoms with Gasteiger partial charge in [0.05, 0.1) is 12.7 Å². The highest BCUT2D eigenvalue weighted by molar-refractivity contribution is 4.93. The first-order valence-electron chi connectivity index (χ1n) is 6.71. The Labute approximate surface area is 99.4 Å². The van der Waals surface area contributed by atoms with Crippen LogP contribution in [0, 0.1) is 0 Å². The van der Waals surface area contributed by atoms with Gasteiger partial charge in [-0.1, -0.05) is 32.6 Å².